The summed E-state index contributed by atoms with van der Waals surface area (Å²) in [7, 11) is 1.35. The van der Waals surface area contributed by atoms with Crippen LogP contribution in [-0.2, 0) is 16.1 Å². The van der Waals surface area contributed by atoms with Crippen LogP contribution in [0.4, 0.5) is 0 Å². The zero-order chi connectivity index (χ0) is 12.7. The molecular formula is C12H17NO4. The number of benzene rings is 1. The molecule has 5 heteroatoms. The number of aromatic hydroxyl groups is 1. The first-order valence-electron chi connectivity index (χ1n) is 5.39. The number of phenolic OH excluding ortho intramolecular Hbond substituents is 1. The van der Waals surface area contributed by atoms with Crippen LogP contribution in [0.2, 0.25) is 0 Å². The molecule has 0 aliphatic carbocycles. The van der Waals surface area contributed by atoms with Gasteiger partial charge in [0.25, 0.3) is 0 Å². The highest BCUT2D eigenvalue weighted by Crippen LogP contribution is 2.26. The molecule has 1 rings (SSSR count). The number of esters is 1. The summed E-state index contributed by atoms with van der Waals surface area (Å²) in [6.07, 6.45) is 0. The maximum Gasteiger partial charge on any atom is 0.319 e. The molecule has 0 bridgehead atoms. The van der Waals surface area contributed by atoms with E-state index in [9.17, 15) is 9.90 Å². The second kappa shape index (κ2) is 6.75. The molecule has 0 radical (unpaired) electrons. The fourth-order valence-corrected chi connectivity index (χ4v) is 1.32. The van der Waals surface area contributed by atoms with Crippen molar-refractivity contribution in [2.75, 3.05) is 20.3 Å². The average molecular weight is 239 g/mol. The summed E-state index contributed by atoms with van der Waals surface area (Å²) in [4.78, 5) is 10.9. The molecule has 0 spiro atoms. The second-order valence-electron chi connectivity index (χ2n) is 3.41. The minimum absolute atomic E-state index is 0.114. The topological polar surface area (TPSA) is 67.8 Å². The molecule has 0 amide bonds. The summed E-state index contributed by atoms with van der Waals surface area (Å²) in [5, 5.41) is 12.4. The van der Waals surface area contributed by atoms with Gasteiger partial charge >= 0.3 is 5.97 Å². The first-order valence-corrected chi connectivity index (χ1v) is 5.39. The van der Waals surface area contributed by atoms with E-state index in [4.69, 9.17) is 4.74 Å². The van der Waals surface area contributed by atoms with Gasteiger partial charge in [0.2, 0.25) is 0 Å². The molecule has 0 fully saturated rings. The molecule has 0 saturated heterocycles. The highest BCUT2D eigenvalue weighted by atomic mass is 16.5. The molecule has 0 heterocycles. The predicted octanol–water partition coefficient (Wildman–Crippen LogP) is 1.05. The van der Waals surface area contributed by atoms with E-state index >= 15 is 0 Å². The molecule has 0 aliphatic rings. The molecule has 94 valence electrons. The zero-order valence-corrected chi connectivity index (χ0v) is 10.0. The number of hydrogen-bond acceptors (Lipinski definition) is 5. The van der Waals surface area contributed by atoms with Crippen LogP contribution in [-0.4, -0.2) is 31.3 Å². The van der Waals surface area contributed by atoms with Crippen LogP contribution in [0, 0.1) is 0 Å². The van der Waals surface area contributed by atoms with Crippen LogP contribution in [0.15, 0.2) is 18.2 Å². The van der Waals surface area contributed by atoms with Gasteiger partial charge in [0.1, 0.15) is 0 Å². The smallest absolute Gasteiger partial charge is 0.319 e. The largest absolute Gasteiger partial charge is 0.504 e. The van der Waals surface area contributed by atoms with Gasteiger partial charge < -0.3 is 19.9 Å². The standard InChI is InChI=1S/C12H17NO4/c1-3-17-11-6-9(4-5-10(11)14)7-13-8-12(15)16-2/h4-6,13-14H,3,7-8H2,1-2H3. The summed E-state index contributed by atoms with van der Waals surface area (Å²) in [6.45, 7) is 3.00. The normalized spacial score (nSPS) is 10.0. The molecule has 0 aliphatic heterocycles. The van der Waals surface area contributed by atoms with Gasteiger partial charge in [-0.25, -0.2) is 0 Å². The number of carbonyl (C=O) groups excluding carboxylic acids is 1. The molecule has 0 saturated carbocycles. The monoisotopic (exact) mass is 239 g/mol. The van der Waals surface area contributed by atoms with Crippen molar-refractivity contribution < 1.29 is 19.4 Å². The summed E-state index contributed by atoms with van der Waals surface area (Å²) in [6, 6.07) is 5.07. The van der Waals surface area contributed by atoms with Crippen LogP contribution < -0.4 is 10.1 Å². The maximum absolute atomic E-state index is 10.9. The SMILES string of the molecule is CCOc1cc(CNCC(=O)OC)ccc1O. The predicted molar refractivity (Wildman–Crippen MR) is 63.0 cm³/mol. The van der Waals surface area contributed by atoms with Gasteiger partial charge in [-0.05, 0) is 24.6 Å². The van der Waals surface area contributed by atoms with Crippen LogP contribution in [0.1, 0.15) is 12.5 Å². The maximum atomic E-state index is 10.9. The van der Waals surface area contributed by atoms with E-state index in [1.807, 2.05) is 6.92 Å². The first kappa shape index (κ1) is 13.3. The Labute approximate surface area is 100 Å². The van der Waals surface area contributed by atoms with Gasteiger partial charge in [-0.3, -0.25) is 4.79 Å². The lowest BCUT2D eigenvalue weighted by molar-refractivity contribution is -0.139. The first-order chi connectivity index (χ1) is 8.17. The highest BCUT2D eigenvalue weighted by molar-refractivity contribution is 5.71. The van der Waals surface area contributed by atoms with E-state index in [-0.39, 0.29) is 18.3 Å². The van der Waals surface area contributed by atoms with Crippen molar-refractivity contribution in [2.45, 2.75) is 13.5 Å². The van der Waals surface area contributed by atoms with E-state index in [1.54, 1.807) is 18.2 Å². The number of ether oxygens (including phenoxy) is 2. The Morgan fingerprint density at radius 3 is 2.88 bits per heavy atom. The second-order valence-corrected chi connectivity index (χ2v) is 3.41. The quantitative estimate of drug-likeness (QED) is 0.726. The highest BCUT2D eigenvalue weighted by Gasteiger charge is 2.04. The molecule has 17 heavy (non-hydrogen) atoms. The lowest BCUT2D eigenvalue weighted by Gasteiger charge is -2.08. The molecule has 2 N–H and O–H groups in total. The van der Waals surface area contributed by atoms with Gasteiger partial charge in [-0.1, -0.05) is 6.07 Å². The minimum Gasteiger partial charge on any atom is -0.504 e. The van der Waals surface area contributed by atoms with Crippen molar-refractivity contribution in [2.24, 2.45) is 0 Å². The zero-order valence-electron chi connectivity index (χ0n) is 10.0. The third kappa shape index (κ3) is 4.32. The van der Waals surface area contributed by atoms with E-state index in [2.05, 4.69) is 10.1 Å². The van der Waals surface area contributed by atoms with Crippen LogP contribution >= 0.6 is 0 Å². The Kier molecular flexibility index (Phi) is 5.29. The number of carbonyl (C=O) groups is 1. The minimum atomic E-state index is -0.311. The van der Waals surface area contributed by atoms with Gasteiger partial charge in [0, 0.05) is 6.54 Å². The van der Waals surface area contributed by atoms with Gasteiger partial charge in [0.05, 0.1) is 20.3 Å². The molecule has 0 unspecified atom stereocenters. The number of hydrogen-bond donors (Lipinski definition) is 2. The van der Waals surface area contributed by atoms with E-state index in [1.165, 1.54) is 7.11 Å². The van der Waals surface area contributed by atoms with Gasteiger partial charge in [0.15, 0.2) is 11.5 Å². The Morgan fingerprint density at radius 2 is 2.24 bits per heavy atom. The van der Waals surface area contributed by atoms with Crippen molar-refractivity contribution >= 4 is 5.97 Å². The average Bonchev–Trinajstić information content (AvgIpc) is 2.33. The van der Waals surface area contributed by atoms with Crippen molar-refractivity contribution in [3.63, 3.8) is 0 Å². The van der Waals surface area contributed by atoms with Crippen molar-refractivity contribution in [1.29, 1.82) is 0 Å². The number of methoxy groups -OCH3 is 1. The third-order valence-electron chi connectivity index (χ3n) is 2.15. The molecule has 0 atom stereocenters. The third-order valence-corrected chi connectivity index (χ3v) is 2.15. The van der Waals surface area contributed by atoms with Crippen molar-refractivity contribution in [1.82, 2.24) is 5.32 Å². The fourth-order valence-electron chi connectivity index (χ4n) is 1.32. The Morgan fingerprint density at radius 1 is 1.47 bits per heavy atom. The Balaban J connectivity index is 2.53. The molecule has 1 aromatic rings. The summed E-state index contributed by atoms with van der Waals surface area (Å²) < 4.78 is 9.76. The summed E-state index contributed by atoms with van der Waals surface area (Å²) in [5.41, 5.74) is 0.926. The van der Waals surface area contributed by atoms with Crippen molar-refractivity contribution in [3.05, 3.63) is 23.8 Å². The summed E-state index contributed by atoms with van der Waals surface area (Å²) >= 11 is 0. The fraction of sp³-hybridized carbons (Fsp3) is 0.417. The summed E-state index contributed by atoms with van der Waals surface area (Å²) in [5.74, 6) is 0.252. The van der Waals surface area contributed by atoms with Crippen LogP contribution in [0.3, 0.4) is 0 Å². The van der Waals surface area contributed by atoms with E-state index in [0.29, 0.717) is 18.9 Å². The lowest BCUT2D eigenvalue weighted by atomic mass is 10.2. The number of phenols is 1. The van der Waals surface area contributed by atoms with Crippen LogP contribution in [0.5, 0.6) is 11.5 Å². The molecule has 1 aromatic carbocycles. The Hall–Kier alpha value is -1.75. The molecule has 0 aromatic heterocycles. The lowest BCUT2D eigenvalue weighted by Crippen LogP contribution is -2.23. The molecule has 5 nitrogen and oxygen atoms in total. The molecular weight excluding hydrogens is 222 g/mol. The van der Waals surface area contributed by atoms with Crippen molar-refractivity contribution in [3.8, 4) is 11.5 Å². The van der Waals surface area contributed by atoms with Gasteiger partial charge in [-0.2, -0.15) is 0 Å². The van der Waals surface area contributed by atoms with Crippen LogP contribution in [0.25, 0.3) is 0 Å². The van der Waals surface area contributed by atoms with E-state index in [0.717, 1.165) is 5.56 Å². The number of rotatable bonds is 6. The van der Waals surface area contributed by atoms with E-state index < -0.39 is 0 Å². The number of nitrogens with one attached hydrogen (secondary N) is 1. The Bertz CT molecular complexity index is 379. The van der Waals surface area contributed by atoms with Gasteiger partial charge in [-0.15, -0.1) is 0 Å².